The Morgan fingerprint density at radius 1 is 1.23 bits per heavy atom. The fourth-order valence-corrected chi connectivity index (χ4v) is 3.05. The second-order valence-corrected chi connectivity index (χ2v) is 7.22. The summed E-state index contributed by atoms with van der Waals surface area (Å²) in [6.07, 6.45) is 1.52. The van der Waals surface area contributed by atoms with Crippen LogP contribution in [-0.4, -0.2) is 15.2 Å². The fraction of sp³-hybridized carbons (Fsp3) is 0.300. The molecule has 0 bridgehead atoms. The first kappa shape index (κ1) is 18.7. The predicted molar refractivity (Wildman–Crippen MR) is 105 cm³/mol. The van der Waals surface area contributed by atoms with Gasteiger partial charge in [-0.15, -0.1) is 0 Å². The van der Waals surface area contributed by atoms with Gasteiger partial charge in [-0.05, 0) is 72.8 Å². The molecule has 1 N–H and O–H groups in total. The average molecular weight is 391 g/mol. The van der Waals surface area contributed by atoms with E-state index in [0.29, 0.717) is 11.6 Å². The van der Waals surface area contributed by atoms with Crippen LogP contribution in [0.2, 0.25) is 5.02 Å². The minimum Gasteiger partial charge on any atom is -0.486 e. The summed E-state index contributed by atoms with van der Waals surface area (Å²) < 4.78 is 5.75. The van der Waals surface area contributed by atoms with Crippen molar-refractivity contribution in [2.75, 3.05) is 0 Å². The lowest BCUT2D eigenvalue weighted by Gasteiger charge is -2.09. The van der Waals surface area contributed by atoms with Crippen LogP contribution < -0.4 is 4.74 Å². The Balaban J connectivity index is 1.72. The van der Waals surface area contributed by atoms with Crippen molar-refractivity contribution in [3.05, 3.63) is 58.4 Å². The van der Waals surface area contributed by atoms with Crippen LogP contribution in [-0.2, 0) is 17.8 Å². The van der Waals surface area contributed by atoms with Crippen molar-refractivity contribution >= 4 is 39.5 Å². The molecule has 6 heteroatoms. The number of imidazole rings is 1. The Kier molecular flexibility index (Phi) is 5.84. The van der Waals surface area contributed by atoms with Gasteiger partial charge < -0.3 is 9.72 Å². The number of aromatic amines is 1. The molecular weight excluding hydrogens is 371 g/mol. The quantitative estimate of drug-likeness (QED) is 0.546. The molecule has 1 atom stereocenters. The molecule has 0 aliphatic carbocycles. The van der Waals surface area contributed by atoms with Gasteiger partial charge in [0.2, 0.25) is 5.24 Å². The molecule has 0 fully saturated rings. The summed E-state index contributed by atoms with van der Waals surface area (Å²) >= 11 is 11.4. The van der Waals surface area contributed by atoms with Gasteiger partial charge >= 0.3 is 0 Å². The molecule has 3 aromatic rings. The number of nitrogens with zero attached hydrogens (tertiary/aromatic N) is 1. The van der Waals surface area contributed by atoms with Gasteiger partial charge in [0.25, 0.3) is 0 Å². The molecule has 136 valence electrons. The number of ether oxygens (including phenoxy) is 1. The molecule has 1 aromatic heterocycles. The van der Waals surface area contributed by atoms with Crippen molar-refractivity contribution in [3.8, 4) is 5.75 Å². The lowest BCUT2D eigenvalue weighted by atomic mass is 9.98. The minimum absolute atomic E-state index is 0.144. The van der Waals surface area contributed by atoms with E-state index in [1.165, 1.54) is 5.56 Å². The number of benzene rings is 2. The topological polar surface area (TPSA) is 55.0 Å². The average Bonchev–Trinajstić information content (AvgIpc) is 3.04. The minimum atomic E-state index is -0.287. The van der Waals surface area contributed by atoms with Crippen molar-refractivity contribution in [2.24, 2.45) is 5.92 Å². The molecule has 1 unspecified atom stereocenters. The van der Waals surface area contributed by atoms with E-state index in [0.717, 1.165) is 41.0 Å². The molecular formula is C20H20Cl2N2O2. The third kappa shape index (κ3) is 4.37. The van der Waals surface area contributed by atoms with Crippen LogP contribution in [0.1, 0.15) is 30.3 Å². The Hall–Kier alpha value is -2.04. The number of H-pyrrole nitrogens is 1. The molecule has 26 heavy (non-hydrogen) atoms. The number of carbonyl (C=O) groups excluding carboxylic acids is 1. The van der Waals surface area contributed by atoms with Crippen molar-refractivity contribution in [2.45, 2.75) is 33.3 Å². The highest BCUT2D eigenvalue weighted by atomic mass is 35.5. The number of aryl methyl sites for hydroxylation is 2. The van der Waals surface area contributed by atoms with Gasteiger partial charge in [0.15, 0.2) is 0 Å². The maximum Gasteiger partial charge on any atom is 0.224 e. The van der Waals surface area contributed by atoms with E-state index in [2.05, 4.69) is 23.0 Å². The zero-order valence-electron chi connectivity index (χ0n) is 14.7. The number of rotatable bonds is 7. The number of nitrogens with one attached hydrogen (secondary N) is 1. The number of aromatic nitrogens is 2. The summed E-state index contributed by atoms with van der Waals surface area (Å²) in [5.74, 6) is 1.36. The number of hydrogen-bond acceptors (Lipinski definition) is 3. The number of halogens is 2. The van der Waals surface area contributed by atoms with Crippen LogP contribution in [0.4, 0.5) is 0 Å². The number of fused-ring (bicyclic) bond motifs is 1. The maximum absolute atomic E-state index is 11.2. The van der Waals surface area contributed by atoms with Gasteiger partial charge in [-0.25, -0.2) is 4.98 Å². The van der Waals surface area contributed by atoms with Gasteiger partial charge in [-0.3, -0.25) is 4.79 Å². The summed E-state index contributed by atoms with van der Waals surface area (Å²) in [5.41, 5.74) is 4.20. The van der Waals surface area contributed by atoms with Crippen LogP contribution in [0.15, 0.2) is 36.4 Å². The molecule has 1 heterocycles. The van der Waals surface area contributed by atoms with Crippen LogP contribution in [0.3, 0.4) is 0 Å². The monoisotopic (exact) mass is 390 g/mol. The Bertz CT molecular complexity index is 919. The molecule has 0 spiro atoms. The first-order valence-corrected chi connectivity index (χ1v) is 9.24. The van der Waals surface area contributed by atoms with E-state index < -0.39 is 0 Å². The number of carbonyl (C=O) groups is 1. The van der Waals surface area contributed by atoms with Crippen LogP contribution in [0.25, 0.3) is 11.0 Å². The van der Waals surface area contributed by atoms with E-state index in [-0.39, 0.29) is 11.2 Å². The molecule has 0 radical (unpaired) electrons. The van der Waals surface area contributed by atoms with Gasteiger partial charge in [0, 0.05) is 10.9 Å². The lowest BCUT2D eigenvalue weighted by molar-refractivity contribution is -0.114. The summed E-state index contributed by atoms with van der Waals surface area (Å²) in [4.78, 5) is 19.2. The van der Waals surface area contributed by atoms with Gasteiger partial charge in [-0.2, -0.15) is 0 Å². The van der Waals surface area contributed by atoms with Crippen molar-refractivity contribution < 1.29 is 9.53 Å². The zero-order valence-corrected chi connectivity index (χ0v) is 16.2. The van der Waals surface area contributed by atoms with Crippen molar-refractivity contribution in [3.63, 3.8) is 0 Å². The third-order valence-electron chi connectivity index (χ3n) is 4.49. The summed E-state index contributed by atoms with van der Waals surface area (Å²) in [6.45, 7) is 4.25. The lowest BCUT2D eigenvalue weighted by Crippen LogP contribution is -2.05. The van der Waals surface area contributed by atoms with Crippen LogP contribution in [0.5, 0.6) is 5.75 Å². The second kappa shape index (κ2) is 8.11. The largest absolute Gasteiger partial charge is 0.486 e. The molecule has 3 rings (SSSR count). The molecule has 0 saturated heterocycles. The summed E-state index contributed by atoms with van der Waals surface area (Å²) in [6, 6.07) is 11.3. The first-order chi connectivity index (χ1) is 12.4. The standard InChI is InChI=1S/C20H20Cl2N2O2/c1-12(20(22)25)3-4-14-5-10-17-19(13(14)2)24-18(23-17)11-26-16-8-6-15(21)7-9-16/h5-10,12H,3-4,11H2,1-2H3,(H,23,24). The summed E-state index contributed by atoms with van der Waals surface area (Å²) in [7, 11) is 0. The zero-order chi connectivity index (χ0) is 18.7. The second-order valence-electron chi connectivity index (χ2n) is 6.42. The van der Waals surface area contributed by atoms with Gasteiger partial charge in [-0.1, -0.05) is 24.6 Å². The highest BCUT2D eigenvalue weighted by molar-refractivity contribution is 6.63. The Morgan fingerprint density at radius 3 is 2.65 bits per heavy atom. The van der Waals surface area contributed by atoms with Crippen molar-refractivity contribution in [1.82, 2.24) is 9.97 Å². The normalized spacial score (nSPS) is 12.3. The Morgan fingerprint density at radius 2 is 1.96 bits per heavy atom. The molecule has 0 amide bonds. The SMILES string of the molecule is Cc1c(CCC(C)C(=O)Cl)ccc2[nH]c(COc3ccc(Cl)cc3)nc12. The molecule has 0 aliphatic rings. The van der Waals surface area contributed by atoms with E-state index >= 15 is 0 Å². The van der Waals surface area contributed by atoms with Crippen LogP contribution in [0, 0.1) is 12.8 Å². The van der Waals surface area contributed by atoms with Crippen molar-refractivity contribution in [1.29, 1.82) is 0 Å². The van der Waals surface area contributed by atoms with E-state index in [4.69, 9.17) is 27.9 Å². The van der Waals surface area contributed by atoms with E-state index in [9.17, 15) is 4.79 Å². The van der Waals surface area contributed by atoms with Gasteiger partial charge in [0.1, 0.15) is 18.2 Å². The summed E-state index contributed by atoms with van der Waals surface area (Å²) in [5, 5.41) is 0.388. The van der Waals surface area contributed by atoms with E-state index in [1.54, 1.807) is 12.1 Å². The maximum atomic E-state index is 11.2. The molecule has 4 nitrogen and oxygen atoms in total. The Labute approximate surface area is 162 Å². The molecule has 0 saturated carbocycles. The third-order valence-corrected chi connectivity index (χ3v) is 5.12. The van der Waals surface area contributed by atoms with Gasteiger partial charge in [0.05, 0.1) is 11.0 Å². The van der Waals surface area contributed by atoms with E-state index in [1.807, 2.05) is 25.1 Å². The fourth-order valence-electron chi connectivity index (χ4n) is 2.81. The number of hydrogen-bond donors (Lipinski definition) is 1. The molecule has 0 aliphatic heterocycles. The highest BCUT2D eigenvalue weighted by Gasteiger charge is 2.13. The highest BCUT2D eigenvalue weighted by Crippen LogP contribution is 2.23. The smallest absolute Gasteiger partial charge is 0.224 e. The van der Waals surface area contributed by atoms with Crippen LogP contribution >= 0.6 is 23.2 Å². The molecule has 2 aromatic carbocycles. The first-order valence-electron chi connectivity index (χ1n) is 8.49. The predicted octanol–water partition coefficient (Wildman–Crippen LogP) is 5.44.